The van der Waals surface area contributed by atoms with E-state index in [1.807, 2.05) is 0 Å². The van der Waals surface area contributed by atoms with Crippen molar-refractivity contribution >= 4 is 29.2 Å². The fourth-order valence-corrected chi connectivity index (χ4v) is 3.85. The Hall–Kier alpha value is -5.29. The Morgan fingerprint density at radius 2 is 1.61 bits per heavy atom. The molecular formula is C33H30N4O4. The molecule has 0 heterocycles. The molecule has 0 aliphatic heterocycles. The predicted molar refractivity (Wildman–Crippen MR) is 158 cm³/mol. The number of ether oxygens (including phenoxy) is 2. The second-order valence-corrected chi connectivity index (χ2v) is 9.23. The van der Waals surface area contributed by atoms with Gasteiger partial charge in [-0.25, -0.2) is 4.79 Å². The summed E-state index contributed by atoms with van der Waals surface area (Å²) in [6, 6.07) is 25.8. The number of azo groups is 1. The number of nitrogens with zero attached hydrogens (tertiary/aromatic N) is 4. The fourth-order valence-electron chi connectivity index (χ4n) is 3.85. The molecule has 4 rings (SSSR count). The molecule has 0 aliphatic carbocycles. The lowest BCUT2D eigenvalue weighted by atomic mass is 10.1. The van der Waals surface area contributed by atoms with Crippen LogP contribution in [-0.2, 0) is 0 Å². The van der Waals surface area contributed by atoms with Gasteiger partial charge < -0.3 is 14.6 Å². The Morgan fingerprint density at radius 1 is 0.927 bits per heavy atom. The van der Waals surface area contributed by atoms with Crippen LogP contribution >= 0.6 is 0 Å². The maximum Gasteiger partial charge on any atom is 0.343 e. The third-order valence-electron chi connectivity index (χ3n) is 6.21. The molecule has 4 aromatic carbocycles. The van der Waals surface area contributed by atoms with Crippen molar-refractivity contribution in [1.29, 1.82) is 5.26 Å². The summed E-state index contributed by atoms with van der Waals surface area (Å²) >= 11 is 0. The number of hydrogen-bond acceptors (Lipinski definition) is 8. The zero-order valence-corrected chi connectivity index (χ0v) is 22.9. The van der Waals surface area contributed by atoms with Crippen LogP contribution in [0.3, 0.4) is 0 Å². The largest absolute Gasteiger partial charge is 0.507 e. The molecule has 8 nitrogen and oxygen atoms in total. The predicted octanol–water partition coefficient (Wildman–Crippen LogP) is 8.53. The minimum atomic E-state index is -0.515. The van der Waals surface area contributed by atoms with Gasteiger partial charge >= 0.3 is 5.97 Å². The van der Waals surface area contributed by atoms with Gasteiger partial charge in [0.1, 0.15) is 17.2 Å². The number of carbonyl (C=O) groups is 1. The molecule has 0 amide bonds. The van der Waals surface area contributed by atoms with Gasteiger partial charge in [0.2, 0.25) is 0 Å². The number of rotatable bonds is 11. The number of esters is 1. The number of benzene rings is 4. The topological polar surface area (TPSA) is 117 Å². The Labute approximate surface area is 239 Å². The van der Waals surface area contributed by atoms with Crippen molar-refractivity contribution < 1.29 is 19.4 Å². The summed E-state index contributed by atoms with van der Waals surface area (Å²) in [6.45, 7) is 4.54. The normalized spacial score (nSPS) is 11.0. The molecule has 0 saturated heterocycles. The van der Waals surface area contributed by atoms with Crippen LogP contribution in [0.2, 0.25) is 0 Å². The minimum absolute atomic E-state index is 0.0647. The number of unbranched alkanes of at least 4 members (excludes halogenated alkanes) is 2. The zero-order valence-electron chi connectivity index (χ0n) is 22.9. The molecule has 0 spiro atoms. The first-order valence-electron chi connectivity index (χ1n) is 13.3. The Kier molecular flexibility index (Phi) is 9.94. The first kappa shape index (κ1) is 28.7. The minimum Gasteiger partial charge on any atom is -0.507 e. The summed E-state index contributed by atoms with van der Waals surface area (Å²) in [7, 11) is 0. The van der Waals surface area contributed by atoms with Crippen molar-refractivity contribution in [2.24, 2.45) is 15.2 Å². The molecule has 8 heteroatoms. The van der Waals surface area contributed by atoms with Crippen molar-refractivity contribution in [2.75, 3.05) is 6.61 Å². The van der Waals surface area contributed by atoms with Gasteiger partial charge in [-0.05, 0) is 91.7 Å². The van der Waals surface area contributed by atoms with Crippen LogP contribution in [0.4, 0.5) is 17.1 Å². The number of hydrogen-bond donors (Lipinski definition) is 1. The number of phenolic OH excluding ortho intramolecular Hbond substituents is 1. The molecule has 0 atom stereocenters. The lowest BCUT2D eigenvalue weighted by Crippen LogP contribution is -2.10. The highest BCUT2D eigenvalue weighted by Crippen LogP contribution is 2.27. The molecule has 0 aliphatic rings. The molecule has 0 bridgehead atoms. The molecule has 4 aromatic rings. The average molecular weight is 547 g/mol. The van der Waals surface area contributed by atoms with Crippen LogP contribution in [-0.4, -0.2) is 23.9 Å². The van der Waals surface area contributed by atoms with Crippen molar-refractivity contribution in [3.8, 4) is 23.3 Å². The maximum absolute atomic E-state index is 12.9. The van der Waals surface area contributed by atoms with E-state index in [1.165, 1.54) is 0 Å². The van der Waals surface area contributed by atoms with E-state index in [9.17, 15) is 9.90 Å². The lowest BCUT2D eigenvalue weighted by molar-refractivity contribution is 0.0734. The molecule has 1 N–H and O–H groups in total. The SMILES string of the molecule is CCCCCOc1ccc(C=Nc2cccc(C(=O)Oc3ccc(N=Nc4ccc(C#N)cc4)cc3)c2C)c(O)c1. The van der Waals surface area contributed by atoms with Crippen LogP contribution in [0.25, 0.3) is 0 Å². The van der Waals surface area contributed by atoms with E-state index in [0.29, 0.717) is 57.4 Å². The fraction of sp³-hybridized carbons (Fsp3) is 0.182. The van der Waals surface area contributed by atoms with Gasteiger partial charge in [-0.1, -0.05) is 25.8 Å². The van der Waals surface area contributed by atoms with E-state index in [0.717, 1.165) is 19.3 Å². The number of nitriles is 1. The second-order valence-electron chi connectivity index (χ2n) is 9.23. The van der Waals surface area contributed by atoms with Gasteiger partial charge in [0.15, 0.2) is 0 Å². The Bertz CT molecular complexity index is 1590. The van der Waals surface area contributed by atoms with E-state index in [-0.39, 0.29) is 5.75 Å². The lowest BCUT2D eigenvalue weighted by Gasteiger charge is -2.09. The Morgan fingerprint density at radius 3 is 2.27 bits per heavy atom. The monoisotopic (exact) mass is 546 g/mol. The smallest absolute Gasteiger partial charge is 0.343 e. The van der Waals surface area contributed by atoms with Crippen molar-refractivity contribution in [2.45, 2.75) is 33.1 Å². The molecule has 0 aromatic heterocycles. The number of carbonyl (C=O) groups excluding carboxylic acids is 1. The molecule has 0 unspecified atom stereocenters. The summed E-state index contributed by atoms with van der Waals surface area (Å²) < 4.78 is 11.3. The highest BCUT2D eigenvalue weighted by atomic mass is 16.5. The maximum atomic E-state index is 12.9. The van der Waals surface area contributed by atoms with Gasteiger partial charge in [-0.3, -0.25) is 4.99 Å². The highest BCUT2D eigenvalue weighted by molar-refractivity contribution is 5.94. The number of phenols is 1. The molecule has 0 fully saturated rings. The van der Waals surface area contributed by atoms with Gasteiger partial charge in [-0.2, -0.15) is 15.5 Å². The van der Waals surface area contributed by atoms with Crippen molar-refractivity contribution in [1.82, 2.24) is 0 Å². The summed E-state index contributed by atoms with van der Waals surface area (Å²) in [5, 5.41) is 27.6. The molecular weight excluding hydrogens is 516 g/mol. The quantitative estimate of drug-likeness (QED) is 0.0665. The van der Waals surface area contributed by atoms with E-state index >= 15 is 0 Å². The van der Waals surface area contributed by atoms with Crippen molar-refractivity contribution in [3.05, 3.63) is 107 Å². The van der Waals surface area contributed by atoms with Crippen LogP contribution in [0.5, 0.6) is 17.2 Å². The van der Waals surface area contributed by atoms with Crippen LogP contribution < -0.4 is 9.47 Å². The molecule has 0 saturated carbocycles. The number of aliphatic imine (C=N–C) groups is 1. The zero-order chi connectivity index (χ0) is 29.0. The van der Waals surface area contributed by atoms with E-state index in [4.69, 9.17) is 14.7 Å². The van der Waals surface area contributed by atoms with E-state index < -0.39 is 5.97 Å². The van der Waals surface area contributed by atoms with E-state index in [2.05, 4.69) is 28.2 Å². The summed E-state index contributed by atoms with van der Waals surface area (Å²) in [5.41, 5.74) is 3.90. The van der Waals surface area contributed by atoms with Crippen molar-refractivity contribution in [3.63, 3.8) is 0 Å². The summed E-state index contributed by atoms with van der Waals surface area (Å²) in [4.78, 5) is 17.4. The molecule has 206 valence electrons. The number of aromatic hydroxyl groups is 1. The van der Waals surface area contributed by atoms with Gasteiger partial charge in [-0.15, -0.1) is 0 Å². The van der Waals surface area contributed by atoms with Gasteiger partial charge in [0, 0.05) is 17.8 Å². The second kappa shape index (κ2) is 14.2. The molecule has 41 heavy (non-hydrogen) atoms. The van der Waals surface area contributed by atoms with Crippen LogP contribution in [0.1, 0.15) is 53.2 Å². The first-order chi connectivity index (χ1) is 20.0. The Balaban J connectivity index is 1.39. The van der Waals surface area contributed by atoms with E-state index in [1.54, 1.807) is 98.1 Å². The van der Waals surface area contributed by atoms with Crippen LogP contribution in [0.15, 0.2) is 100 Å². The van der Waals surface area contributed by atoms with Gasteiger partial charge in [0.25, 0.3) is 0 Å². The average Bonchev–Trinajstić information content (AvgIpc) is 2.99. The third kappa shape index (κ3) is 8.10. The third-order valence-corrected chi connectivity index (χ3v) is 6.21. The first-order valence-corrected chi connectivity index (χ1v) is 13.3. The summed E-state index contributed by atoms with van der Waals surface area (Å²) in [5.74, 6) is 0.524. The molecule has 0 radical (unpaired) electrons. The summed E-state index contributed by atoms with van der Waals surface area (Å²) in [6.07, 6.45) is 4.74. The van der Waals surface area contributed by atoms with Crippen LogP contribution in [0, 0.1) is 18.3 Å². The van der Waals surface area contributed by atoms with Gasteiger partial charge in [0.05, 0.1) is 40.9 Å². The standard InChI is InChI=1S/C33H30N4O4/c1-3-4-5-19-40-29-16-11-25(32(38)20-29)22-35-31-8-6-7-30(23(31)2)33(39)41-28-17-14-27(15-18-28)37-36-26-12-9-24(21-34)10-13-26/h6-18,20,22,38H,3-5,19H2,1-2H3. The highest BCUT2D eigenvalue weighted by Gasteiger charge is 2.14.